The van der Waals surface area contributed by atoms with Crippen molar-refractivity contribution in [1.82, 2.24) is 10.6 Å². The molecule has 0 heterocycles. The Morgan fingerprint density at radius 3 is 2.09 bits per heavy atom. The molecule has 1 aromatic rings. The maximum atomic E-state index is 11.8. The predicted molar refractivity (Wildman–Crippen MR) is 78.7 cm³/mol. The van der Waals surface area contributed by atoms with Gasteiger partial charge >= 0.3 is 5.97 Å². The van der Waals surface area contributed by atoms with Crippen molar-refractivity contribution < 1.29 is 24.3 Å². The maximum absolute atomic E-state index is 11.8. The number of carbonyl (C=O) groups excluding carboxylic acids is 3. The van der Waals surface area contributed by atoms with E-state index < -0.39 is 24.3 Å². The third kappa shape index (κ3) is 6.85. The van der Waals surface area contributed by atoms with Crippen LogP contribution in [0.4, 0.5) is 0 Å². The van der Waals surface area contributed by atoms with Gasteiger partial charge in [-0.25, -0.2) is 0 Å². The zero-order valence-corrected chi connectivity index (χ0v) is 12.4. The Kier molecular flexibility index (Phi) is 7.04. The maximum Gasteiger partial charge on any atom is 0.322 e. The molecule has 0 saturated heterocycles. The third-order valence-corrected chi connectivity index (χ3v) is 2.88. The molecular weight excluding hydrogens is 312 g/mol. The van der Waals surface area contributed by atoms with Gasteiger partial charge in [0.05, 0.1) is 6.54 Å². The molecule has 1 aromatic carbocycles. The molecule has 8 heteroatoms. The number of amides is 2. The molecule has 0 spiro atoms. The van der Waals surface area contributed by atoms with Gasteiger partial charge in [-0.15, -0.1) is 0 Å². The number of benzene rings is 1. The molecule has 0 aliphatic carbocycles. The summed E-state index contributed by atoms with van der Waals surface area (Å²) in [6.07, 6.45) is -0.0577. The highest BCUT2D eigenvalue weighted by atomic mass is 35.5. The van der Waals surface area contributed by atoms with Crippen LogP contribution in [0.15, 0.2) is 24.3 Å². The first-order valence-corrected chi connectivity index (χ1v) is 6.80. The molecular formula is C14H15ClN2O5. The monoisotopic (exact) mass is 326 g/mol. The van der Waals surface area contributed by atoms with Crippen LogP contribution in [0.3, 0.4) is 0 Å². The van der Waals surface area contributed by atoms with Crippen molar-refractivity contribution in [3.8, 4) is 0 Å². The van der Waals surface area contributed by atoms with Crippen LogP contribution in [-0.4, -0.2) is 41.8 Å². The second kappa shape index (κ2) is 8.78. The average Bonchev–Trinajstić information content (AvgIpc) is 2.49. The normalized spacial score (nSPS) is 9.86. The van der Waals surface area contributed by atoms with Crippen LogP contribution in [0.25, 0.3) is 0 Å². The van der Waals surface area contributed by atoms with Gasteiger partial charge in [-0.3, -0.25) is 19.2 Å². The van der Waals surface area contributed by atoms with Crippen molar-refractivity contribution in [2.45, 2.75) is 12.8 Å². The molecule has 1 rings (SSSR count). The SMILES string of the molecule is O=C(O)CNC(=O)CNC(=O)CCC(=O)c1ccc(Cl)cc1. The minimum absolute atomic E-state index is 0.00418. The van der Waals surface area contributed by atoms with Crippen LogP contribution < -0.4 is 10.6 Å². The lowest BCUT2D eigenvalue weighted by atomic mass is 10.1. The highest BCUT2D eigenvalue weighted by Gasteiger charge is 2.10. The van der Waals surface area contributed by atoms with Gasteiger partial charge in [-0.05, 0) is 24.3 Å². The second-order valence-electron chi connectivity index (χ2n) is 4.38. The van der Waals surface area contributed by atoms with Crippen LogP contribution in [0.1, 0.15) is 23.2 Å². The number of halogens is 1. The van der Waals surface area contributed by atoms with Gasteiger partial charge < -0.3 is 15.7 Å². The van der Waals surface area contributed by atoms with E-state index in [2.05, 4.69) is 10.6 Å². The summed E-state index contributed by atoms with van der Waals surface area (Å²) in [6.45, 7) is -0.842. The molecule has 118 valence electrons. The fourth-order valence-electron chi connectivity index (χ4n) is 1.51. The van der Waals surface area contributed by atoms with Gasteiger partial charge in [-0.2, -0.15) is 0 Å². The second-order valence-corrected chi connectivity index (χ2v) is 4.81. The Balaban J connectivity index is 2.28. The zero-order valence-electron chi connectivity index (χ0n) is 11.6. The molecule has 0 fully saturated rings. The van der Waals surface area contributed by atoms with Crippen molar-refractivity contribution in [3.05, 3.63) is 34.9 Å². The average molecular weight is 327 g/mol. The number of carboxylic acid groups (broad SMARTS) is 1. The smallest absolute Gasteiger partial charge is 0.322 e. The lowest BCUT2D eigenvalue weighted by Crippen LogP contribution is -2.39. The summed E-state index contributed by atoms with van der Waals surface area (Å²) in [5.74, 6) is -2.46. The van der Waals surface area contributed by atoms with E-state index in [-0.39, 0.29) is 25.2 Å². The molecule has 0 radical (unpaired) electrons. The first-order valence-electron chi connectivity index (χ1n) is 6.42. The number of ketones is 1. The Morgan fingerprint density at radius 2 is 1.50 bits per heavy atom. The van der Waals surface area contributed by atoms with Crippen molar-refractivity contribution in [3.63, 3.8) is 0 Å². The number of hydrogen-bond acceptors (Lipinski definition) is 4. The zero-order chi connectivity index (χ0) is 16.5. The van der Waals surface area contributed by atoms with Gasteiger partial charge in [0.15, 0.2) is 5.78 Å². The minimum atomic E-state index is -1.17. The lowest BCUT2D eigenvalue weighted by Gasteiger charge is -2.05. The Bertz CT molecular complexity index is 571. The largest absolute Gasteiger partial charge is 0.480 e. The minimum Gasteiger partial charge on any atom is -0.480 e. The summed E-state index contributed by atoms with van der Waals surface area (Å²) < 4.78 is 0. The van der Waals surface area contributed by atoms with E-state index in [4.69, 9.17) is 16.7 Å². The quantitative estimate of drug-likeness (QED) is 0.606. The first kappa shape index (κ1) is 17.6. The van der Waals surface area contributed by atoms with Crippen LogP contribution in [0.5, 0.6) is 0 Å². The number of nitrogens with one attached hydrogen (secondary N) is 2. The lowest BCUT2D eigenvalue weighted by molar-refractivity contribution is -0.137. The summed E-state index contributed by atoms with van der Waals surface area (Å²) in [5.41, 5.74) is 0.455. The molecule has 0 aliphatic heterocycles. The number of aliphatic carboxylic acids is 1. The highest BCUT2D eigenvalue weighted by Crippen LogP contribution is 2.11. The summed E-state index contributed by atoms with van der Waals surface area (Å²) in [6, 6.07) is 6.31. The Labute approximate surface area is 131 Å². The molecule has 2 amide bonds. The fraction of sp³-hybridized carbons (Fsp3) is 0.286. The van der Waals surface area contributed by atoms with Crippen molar-refractivity contribution >= 4 is 35.2 Å². The van der Waals surface area contributed by atoms with Crippen molar-refractivity contribution in [1.29, 1.82) is 0 Å². The molecule has 0 aliphatic rings. The van der Waals surface area contributed by atoms with Crippen LogP contribution in [0, 0.1) is 0 Å². The number of rotatable bonds is 8. The number of carbonyl (C=O) groups is 4. The van der Waals surface area contributed by atoms with Crippen molar-refractivity contribution in [2.24, 2.45) is 0 Å². The Morgan fingerprint density at radius 1 is 0.909 bits per heavy atom. The van der Waals surface area contributed by atoms with E-state index in [1.807, 2.05) is 0 Å². The molecule has 0 bridgehead atoms. The topological polar surface area (TPSA) is 113 Å². The standard InChI is InChI=1S/C14H15ClN2O5/c15-10-3-1-9(2-4-10)11(18)5-6-12(19)16-7-13(20)17-8-14(21)22/h1-4H,5-8H2,(H,16,19)(H,17,20)(H,21,22). The third-order valence-electron chi connectivity index (χ3n) is 2.63. The Hall–Kier alpha value is -2.41. The van der Waals surface area contributed by atoms with Crippen molar-refractivity contribution in [2.75, 3.05) is 13.1 Å². The highest BCUT2D eigenvalue weighted by molar-refractivity contribution is 6.30. The molecule has 0 atom stereocenters. The van der Waals surface area contributed by atoms with Crippen LogP contribution >= 0.6 is 11.6 Å². The summed E-state index contributed by atoms with van der Waals surface area (Å²) in [4.78, 5) is 44.7. The molecule has 3 N–H and O–H groups in total. The van der Waals surface area contributed by atoms with E-state index >= 15 is 0 Å². The molecule has 0 saturated carbocycles. The summed E-state index contributed by atoms with van der Waals surface area (Å²) in [5, 5.41) is 13.3. The van der Waals surface area contributed by atoms with Crippen LogP contribution in [0.2, 0.25) is 5.02 Å². The van der Waals surface area contributed by atoms with E-state index in [1.165, 1.54) is 0 Å². The number of carboxylic acids is 1. The van der Waals surface area contributed by atoms with Gasteiger partial charge in [0, 0.05) is 23.4 Å². The van der Waals surface area contributed by atoms with Gasteiger partial charge in [0.2, 0.25) is 11.8 Å². The summed E-state index contributed by atoms with van der Waals surface area (Å²) >= 11 is 5.71. The summed E-state index contributed by atoms with van der Waals surface area (Å²) in [7, 11) is 0. The molecule has 22 heavy (non-hydrogen) atoms. The molecule has 0 aromatic heterocycles. The number of hydrogen-bond donors (Lipinski definition) is 3. The molecule has 0 unspecified atom stereocenters. The fourth-order valence-corrected chi connectivity index (χ4v) is 1.64. The van der Waals surface area contributed by atoms with Crippen LogP contribution in [-0.2, 0) is 14.4 Å². The van der Waals surface area contributed by atoms with E-state index in [0.29, 0.717) is 10.6 Å². The number of Topliss-reactive ketones (excluding diaryl/α,β-unsaturated/α-hetero) is 1. The van der Waals surface area contributed by atoms with E-state index in [0.717, 1.165) is 0 Å². The van der Waals surface area contributed by atoms with Gasteiger partial charge in [0.1, 0.15) is 6.54 Å². The first-order chi connectivity index (χ1) is 10.4. The molecule has 7 nitrogen and oxygen atoms in total. The predicted octanol–water partition coefficient (Wildman–Crippen LogP) is 0.620. The van der Waals surface area contributed by atoms with E-state index in [1.54, 1.807) is 24.3 Å². The van der Waals surface area contributed by atoms with E-state index in [9.17, 15) is 19.2 Å². The van der Waals surface area contributed by atoms with Gasteiger partial charge in [-0.1, -0.05) is 11.6 Å². The van der Waals surface area contributed by atoms with Gasteiger partial charge in [0.25, 0.3) is 0 Å².